The first-order valence-electron chi connectivity index (χ1n) is 5.52. The van der Waals surface area contributed by atoms with E-state index in [1.165, 1.54) is 12.8 Å². The molecule has 88 valence electrons. The summed E-state index contributed by atoms with van der Waals surface area (Å²) in [5.41, 5.74) is 0. The fourth-order valence-electron chi connectivity index (χ4n) is 2.04. The highest BCUT2D eigenvalue weighted by atomic mass is 79.9. The van der Waals surface area contributed by atoms with E-state index in [1.54, 1.807) is 11.8 Å². The van der Waals surface area contributed by atoms with Gasteiger partial charge in [0.2, 0.25) is 0 Å². The average molecular weight is 302 g/mol. The molecule has 1 fully saturated rings. The maximum absolute atomic E-state index is 4.58. The molecule has 0 aromatic carbocycles. The van der Waals surface area contributed by atoms with E-state index in [4.69, 9.17) is 0 Å². The van der Waals surface area contributed by atoms with Crippen LogP contribution in [0.25, 0.3) is 0 Å². The van der Waals surface area contributed by atoms with Crippen LogP contribution in [0.3, 0.4) is 0 Å². The lowest BCUT2D eigenvalue weighted by molar-refractivity contribution is 0.443. The maximum Gasteiger partial charge on any atom is 0.189 e. The molecule has 3 nitrogen and oxygen atoms in total. The molecule has 0 amide bonds. The van der Waals surface area contributed by atoms with Crippen molar-refractivity contribution in [3.63, 3.8) is 0 Å². The van der Waals surface area contributed by atoms with Crippen molar-refractivity contribution in [3.05, 3.63) is 10.7 Å². The summed E-state index contributed by atoms with van der Waals surface area (Å²) >= 11 is 5.13. The Morgan fingerprint density at radius 1 is 1.56 bits per heavy atom. The maximum atomic E-state index is 4.58. The van der Waals surface area contributed by atoms with Crippen LogP contribution in [0.4, 0.5) is 5.82 Å². The average Bonchev–Trinajstić information content (AvgIpc) is 2.30. The normalized spacial score (nSPS) is 21.2. The van der Waals surface area contributed by atoms with Gasteiger partial charge < -0.3 is 4.90 Å². The molecule has 0 aliphatic carbocycles. The van der Waals surface area contributed by atoms with Crippen LogP contribution in [0, 0.1) is 5.92 Å². The van der Waals surface area contributed by atoms with Crippen molar-refractivity contribution in [1.82, 2.24) is 9.97 Å². The Labute approximate surface area is 109 Å². The van der Waals surface area contributed by atoms with Crippen LogP contribution in [0.5, 0.6) is 0 Å². The molecule has 2 heterocycles. The Kier molecular flexibility index (Phi) is 4.08. The second-order valence-corrected chi connectivity index (χ2v) is 5.85. The van der Waals surface area contributed by atoms with Crippen LogP contribution in [0.2, 0.25) is 0 Å². The van der Waals surface area contributed by atoms with E-state index in [-0.39, 0.29) is 0 Å². The molecule has 0 radical (unpaired) electrons. The monoisotopic (exact) mass is 301 g/mol. The Morgan fingerprint density at radius 3 is 3.06 bits per heavy atom. The van der Waals surface area contributed by atoms with Crippen molar-refractivity contribution in [3.8, 4) is 0 Å². The Bertz CT molecular complexity index is 372. The first-order chi connectivity index (χ1) is 7.70. The predicted octanol–water partition coefficient (Wildman–Crippen LogP) is 3.20. The van der Waals surface area contributed by atoms with Gasteiger partial charge in [-0.3, -0.25) is 0 Å². The predicted molar refractivity (Wildman–Crippen MR) is 72.1 cm³/mol. The lowest BCUT2D eigenvalue weighted by Crippen LogP contribution is -2.35. The second kappa shape index (κ2) is 5.36. The van der Waals surface area contributed by atoms with E-state index < -0.39 is 0 Å². The highest BCUT2D eigenvalue weighted by Gasteiger charge is 2.20. The lowest BCUT2D eigenvalue weighted by atomic mass is 10.0. The standard InChI is InChI=1S/C11H16BrN3S/c1-8-4-3-5-15(7-8)10-9(12)6-13-11(14-10)16-2/h6,8H,3-5,7H2,1-2H3. The van der Waals surface area contributed by atoms with Gasteiger partial charge >= 0.3 is 0 Å². The second-order valence-electron chi connectivity index (χ2n) is 4.22. The highest BCUT2D eigenvalue weighted by molar-refractivity contribution is 9.10. The molecule has 1 aliphatic heterocycles. The van der Waals surface area contributed by atoms with Crippen LogP contribution < -0.4 is 4.90 Å². The van der Waals surface area contributed by atoms with Crippen molar-refractivity contribution < 1.29 is 0 Å². The number of aromatic nitrogens is 2. The van der Waals surface area contributed by atoms with Gasteiger partial charge in [0.05, 0.1) is 4.47 Å². The third kappa shape index (κ3) is 2.69. The molecule has 1 aromatic heterocycles. The summed E-state index contributed by atoms with van der Waals surface area (Å²) in [7, 11) is 0. The minimum absolute atomic E-state index is 0.758. The molecular weight excluding hydrogens is 286 g/mol. The van der Waals surface area contributed by atoms with E-state index in [9.17, 15) is 0 Å². The number of nitrogens with zero attached hydrogens (tertiary/aromatic N) is 3. The fraction of sp³-hybridized carbons (Fsp3) is 0.636. The van der Waals surface area contributed by atoms with E-state index >= 15 is 0 Å². The molecule has 0 bridgehead atoms. The summed E-state index contributed by atoms with van der Waals surface area (Å²) in [6.07, 6.45) is 6.44. The Morgan fingerprint density at radius 2 is 2.38 bits per heavy atom. The summed E-state index contributed by atoms with van der Waals surface area (Å²) in [6, 6.07) is 0. The van der Waals surface area contributed by atoms with E-state index in [0.29, 0.717) is 0 Å². The van der Waals surface area contributed by atoms with Crippen LogP contribution in [0.1, 0.15) is 19.8 Å². The zero-order chi connectivity index (χ0) is 11.5. The summed E-state index contributed by atoms with van der Waals surface area (Å²) in [6.45, 7) is 4.51. The van der Waals surface area contributed by atoms with Crippen LogP contribution in [-0.2, 0) is 0 Å². The molecule has 1 aromatic rings. The number of rotatable bonds is 2. The molecule has 2 rings (SSSR count). The number of thioether (sulfide) groups is 1. The molecular formula is C11H16BrN3S. The Hall–Kier alpha value is -0.290. The number of anilines is 1. The SMILES string of the molecule is CSc1ncc(Br)c(N2CCCC(C)C2)n1. The first kappa shape index (κ1) is 12.2. The lowest BCUT2D eigenvalue weighted by Gasteiger charge is -2.32. The molecule has 0 N–H and O–H groups in total. The molecule has 1 unspecified atom stereocenters. The van der Waals surface area contributed by atoms with Gasteiger partial charge in [0.1, 0.15) is 5.82 Å². The van der Waals surface area contributed by atoms with Gasteiger partial charge in [-0.15, -0.1) is 0 Å². The fourth-order valence-corrected chi connectivity index (χ4v) is 2.82. The molecule has 16 heavy (non-hydrogen) atoms. The van der Waals surface area contributed by atoms with Gasteiger partial charge in [0.15, 0.2) is 5.16 Å². The summed E-state index contributed by atoms with van der Waals surface area (Å²) in [5.74, 6) is 1.80. The largest absolute Gasteiger partial charge is 0.355 e. The van der Waals surface area contributed by atoms with Crippen molar-refractivity contribution in [2.24, 2.45) is 5.92 Å². The number of piperidine rings is 1. The number of hydrogen-bond donors (Lipinski definition) is 0. The van der Waals surface area contributed by atoms with E-state index in [2.05, 4.69) is 37.7 Å². The topological polar surface area (TPSA) is 29.0 Å². The summed E-state index contributed by atoms with van der Waals surface area (Å²) < 4.78 is 0.999. The van der Waals surface area contributed by atoms with Gasteiger partial charge in [-0.05, 0) is 40.9 Å². The number of halogens is 1. The number of hydrogen-bond acceptors (Lipinski definition) is 4. The van der Waals surface area contributed by atoms with Crippen LogP contribution >= 0.6 is 27.7 Å². The van der Waals surface area contributed by atoms with Gasteiger partial charge in [-0.25, -0.2) is 9.97 Å². The van der Waals surface area contributed by atoms with Crippen molar-refractivity contribution >= 4 is 33.5 Å². The molecule has 5 heteroatoms. The minimum atomic E-state index is 0.758. The smallest absolute Gasteiger partial charge is 0.189 e. The minimum Gasteiger partial charge on any atom is -0.355 e. The van der Waals surface area contributed by atoms with Crippen molar-refractivity contribution in [2.45, 2.75) is 24.9 Å². The summed E-state index contributed by atoms with van der Waals surface area (Å²) in [4.78, 5) is 11.2. The molecule has 0 spiro atoms. The zero-order valence-electron chi connectivity index (χ0n) is 9.61. The molecule has 1 saturated heterocycles. The first-order valence-corrected chi connectivity index (χ1v) is 7.54. The molecule has 1 aliphatic rings. The van der Waals surface area contributed by atoms with Gasteiger partial charge in [0.25, 0.3) is 0 Å². The van der Waals surface area contributed by atoms with Gasteiger partial charge in [-0.2, -0.15) is 0 Å². The highest BCUT2D eigenvalue weighted by Crippen LogP contribution is 2.28. The van der Waals surface area contributed by atoms with Gasteiger partial charge in [0, 0.05) is 19.3 Å². The van der Waals surface area contributed by atoms with Crippen molar-refractivity contribution in [2.75, 3.05) is 24.2 Å². The van der Waals surface area contributed by atoms with E-state index in [1.807, 2.05) is 12.5 Å². The summed E-state index contributed by atoms with van der Waals surface area (Å²) in [5, 5.41) is 0.844. The van der Waals surface area contributed by atoms with Crippen molar-refractivity contribution in [1.29, 1.82) is 0 Å². The van der Waals surface area contributed by atoms with Crippen LogP contribution in [-0.4, -0.2) is 29.3 Å². The van der Waals surface area contributed by atoms with Crippen LogP contribution in [0.15, 0.2) is 15.8 Å². The van der Waals surface area contributed by atoms with E-state index in [0.717, 1.165) is 34.5 Å². The zero-order valence-corrected chi connectivity index (χ0v) is 12.0. The third-order valence-electron chi connectivity index (χ3n) is 2.84. The Balaban J connectivity index is 2.24. The van der Waals surface area contributed by atoms with Gasteiger partial charge in [-0.1, -0.05) is 18.7 Å². The third-order valence-corrected chi connectivity index (χ3v) is 3.96. The quantitative estimate of drug-likeness (QED) is 0.620. The molecule has 0 saturated carbocycles. The molecule has 1 atom stereocenters.